The van der Waals surface area contributed by atoms with E-state index in [-0.39, 0.29) is 5.91 Å². The Balaban J connectivity index is 1.25. The van der Waals surface area contributed by atoms with E-state index in [0.29, 0.717) is 24.4 Å². The molecule has 1 aromatic heterocycles. The van der Waals surface area contributed by atoms with Crippen LogP contribution in [0.1, 0.15) is 23.2 Å². The molecule has 2 aromatic carbocycles. The van der Waals surface area contributed by atoms with Crippen LogP contribution in [0, 0.1) is 0 Å². The van der Waals surface area contributed by atoms with Crippen molar-refractivity contribution in [3.63, 3.8) is 0 Å². The van der Waals surface area contributed by atoms with Crippen molar-refractivity contribution in [3.05, 3.63) is 72.4 Å². The molecule has 2 aliphatic rings. The number of anilines is 2. The molecule has 5 rings (SSSR count). The van der Waals surface area contributed by atoms with Crippen LogP contribution in [-0.4, -0.2) is 60.0 Å². The molecule has 2 fully saturated rings. The van der Waals surface area contributed by atoms with Crippen LogP contribution in [0.3, 0.4) is 0 Å². The second-order valence-electron chi connectivity index (χ2n) is 8.10. The first-order valence-corrected chi connectivity index (χ1v) is 11.2. The third-order valence-electron chi connectivity index (χ3n) is 6.00. The number of hydrogen-bond donors (Lipinski definition) is 0. The third-order valence-corrected chi connectivity index (χ3v) is 6.00. The maximum Gasteiger partial charge on any atom is 0.257 e. The molecule has 164 valence electrons. The van der Waals surface area contributed by atoms with Crippen molar-refractivity contribution in [2.75, 3.05) is 49.1 Å². The summed E-state index contributed by atoms with van der Waals surface area (Å²) >= 11 is 0. The Kier molecular flexibility index (Phi) is 5.87. The molecule has 0 unspecified atom stereocenters. The summed E-state index contributed by atoms with van der Waals surface area (Å²) in [5, 5.41) is 0. The van der Waals surface area contributed by atoms with Gasteiger partial charge in [-0.2, -0.15) is 4.98 Å². The second-order valence-corrected chi connectivity index (χ2v) is 8.10. The molecule has 0 radical (unpaired) electrons. The van der Waals surface area contributed by atoms with Gasteiger partial charge in [-0.05, 0) is 43.2 Å². The fraction of sp³-hybridized carbons (Fsp3) is 0.320. The van der Waals surface area contributed by atoms with Crippen LogP contribution in [0.2, 0.25) is 0 Å². The van der Waals surface area contributed by atoms with Crippen molar-refractivity contribution >= 4 is 17.7 Å². The molecule has 1 amide bonds. The molecule has 0 bridgehead atoms. The Morgan fingerprint density at radius 2 is 1.50 bits per heavy atom. The first kappa shape index (κ1) is 20.3. The molecular weight excluding hydrogens is 402 g/mol. The summed E-state index contributed by atoms with van der Waals surface area (Å²) in [6.07, 6.45) is 4.23. The SMILES string of the molecule is O=C(c1ccccc1Oc1ccccc1)N1CCN(c2ccnc(N3CCCC3)n2)CC1. The van der Waals surface area contributed by atoms with E-state index in [2.05, 4.69) is 14.8 Å². The highest BCUT2D eigenvalue weighted by atomic mass is 16.5. The predicted molar refractivity (Wildman–Crippen MR) is 125 cm³/mol. The minimum Gasteiger partial charge on any atom is -0.457 e. The zero-order valence-corrected chi connectivity index (χ0v) is 18.1. The lowest BCUT2D eigenvalue weighted by Gasteiger charge is -2.35. The van der Waals surface area contributed by atoms with Crippen LogP contribution in [0.4, 0.5) is 11.8 Å². The number of piperazine rings is 1. The maximum absolute atomic E-state index is 13.3. The topological polar surface area (TPSA) is 61.8 Å². The summed E-state index contributed by atoms with van der Waals surface area (Å²) in [5.41, 5.74) is 0.586. The van der Waals surface area contributed by atoms with E-state index in [4.69, 9.17) is 9.72 Å². The van der Waals surface area contributed by atoms with Gasteiger partial charge in [0, 0.05) is 45.5 Å². The van der Waals surface area contributed by atoms with Crippen LogP contribution in [0.5, 0.6) is 11.5 Å². The lowest BCUT2D eigenvalue weighted by atomic mass is 10.1. The largest absolute Gasteiger partial charge is 0.457 e. The van der Waals surface area contributed by atoms with E-state index in [1.54, 1.807) is 0 Å². The number of aromatic nitrogens is 2. The maximum atomic E-state index is 13.3. The molecule has 2 aliphatic heterocycles. The highest BCUT2D eigenvalue weighted by Crippen LogP contribution is 2.27. The van der Waals surface area contributed by atoms with Gasteiger partial charge in [-0.3, -0.25) is 4.79 Å². The minimum atomic E-state index is -0.00313. The van der Waals surface area contributed by atoms with Crippen molar-refractivity contribution in [1.82, 2.24) is 14.9 Å². The van der Waals surface area contributed by atoms with Gasteiger partial charge in [0.15, 0.2) is 0 Å². The number of ether oxygens (including phenoxy) is 1. The molecule has 2 saturated heterocycles. The van der Waals surface area contributed by atoms with Gasteiger partial charge >= 0.3 is 0 Å². The van der Waals surface area contributed by atoms with Gasteiger partial charge in [0.25, 0.3) is 5.91 Å². The van der Waals surface area contributed by atoms with E-state index in [1.165, 1.54) is 12.8 Å². The molecule has 7 nitrogen and oxygen atoms in total. The number of para-hydroxylation sites is 2. The van der Waals surface area contributed by atoms with E-state index in [1.807, 2.05) is 71.8 Å². The molecule has 32 heavy (non-hydrogen) atoms. The van der Waals surface area contributed by atoms with E-state index in [0.717, 1.165) is 43.7 Å². The van der Waals surface area contributed by atoms with Crippen LogP contribution in [-0.2, 0) is 0 Å². The Labute approximate surface area is 188 Å². The van der Waals surface area contributed by atoms with Crippen molar-refractivity contribution in [3.8, 4) is 11.5 Å². The van der Waals surface area contributed by atoms with Gasteiger partial charge in [0.2, 0.25) is 5.95 Å². The summed E-state index contributed by atoms with van der Waals surface area (Å²) in [7, 11) is 0. The Morgan fingerprint density at radius 3 is 2.28 bits per heavy atom. The first-order chi connectivity index (χ1) is 15.8. The number of carbonyl (C=O) groups is 1. The van der Waals surface area contributed by atoms with Crippen LogP contribution >= 0.6 is 0 Å². The first-order valence-electron chi connectivity index (χ1n) is 11.2. The molecule has 7 heteroatoms. The van der Waals surface area contributed by atoms with E-state index >= 15 is 0 Å². The summed E-state index contributed by atoms with van der Waals surface area (Å²) < 4.78 is 5.99. The molecule has 0 saturated carbocycles. The molecule has 3 heterocycles. The van der Waals surface area contributed by atoms with Crippen molar-refractivity contribution in [2.24, 2.45) is 0 Å². The van der Waals surface area contributed by atoms with Gasteiger partial charge in [-0.15, -0.1) is 0 Å². The number of hydrogen-bond acceptors (Lipinski definition) is 6. The molecule has 3 aromatic rings. The van der Waals surface area contributed by atoms with Gasteiger partial charge in [0.05, 0.1) is 5.56 Å². The zero-order valence-electron chi connectivity index (χ0n) is 18.1. The minimum absolute atomic E-state index is 0.00313. The molecule has 0 spiro atoms. The average molecular weight is 430 g/mol. The van der Waals surface area contributed by atoms with Crippen molar-refractivity contribution in [2.45, 2.75) is 12.8 Å². The molecule has 0 atom stereocenters. The quantitative estimate of drug-likeness (QED) is 0.614. The average Bonchev–Trinajstić information content (AvgIpc) is 3.40. The predicted octanol–water partition coefficient (Wildman–Crippen LogP) is 3.83. The van der Waals surface area contributed by atoms with Crippen LogP contribution < -0.4 is 14.5 Å². The van der Waals surface area contributed by atoms with Crippen molar-refractivity contribution < 1.29 is 9.53 Å². The van der Waals surface area contributed by atoms with Gasteiger partial charge in [0.1, 0.15) is 17.3 Å². The number of nitrogens with zero attached hydrogens (tertiary/aromatic N) is 5. The van der Waals surface area contributed by atoms with Crippen LogP contribution in [0.25, 0.3) is 0 Å². The second kappa shape index (κ2) is 9.26. The number of rotatable bonds is 5. The monoisotopic (exact) mass is 429 g/mol. The number of amides is 1. The number of benzene rings is 2. The van der Waals surface area contributed by atoms with Gasteiger partial charge in [-0.25, -0.2) is 4.98 Å². The van der Waals surface area contributed by atoms with Gasteiger partial charge in [-0.1, -0.05) is 30.3 Å². The molecule has 0 N–H and O–H groups in total. The lowest BCUT2D eigenvalue weighted by molar-refractivity contribution is 0.0744. The Morgan fingerprint density at radius 1 is 0.781 bits per heavy atom. The lowest BCUT2D eigenvalue weighted by Crippen LogP contribution is -2.49. The zero-order chi connectivity index (χ0) is 21.8. The van der Waals surface area contributed by atoms with E-state index in [9.17, 15) is 4.79 Å². The Bertz CT molecular complexity index is 1060. The highest BCUT2D eigenvalue weighted by molar-refractivity contribution is 5.97. The summed E-state index contributed by atoms with van der Waals surface area (Å²) in [6.45, 7) is 4.81. The van der Waals surface area contributed by atoms with Crippen molar-refractivity contribution in [1.29, 1.82) is 0 Å². The third kappa shape index (κ3) is 4.37. The molecule has 0 aliphatic carbocycles. The standard InChI is InChI=1S/C25H27N5O2/c31-24(21-10-4-5-11-22(21)32-20-8-2-1-3-9-20)29-18-16-28(17-19-29)23-12-13-26-25(27-23)30-14-6-7-15-30/h1-5,8-13H,6-7,14-19H2. The molecular formula is C25H27N5O2. The Hall–Kier alpha value is -3.61. The summed E-state index contributed by atoms with van der Waals surface area (Å²) in [4.78, 5) is 28.9. The van der Waals surface area contributed by atoms with Crippen LogP contribution in [0.15, 0.2) is 66.9 Å². The highest BCUT2D eigenvalue weighted by Gasteiger charge is 2.25. The fourth-order valence-corrected chi connectivity index (χ4v) is 4.24. The smallest absolute Gasteiger partial charge is 0.257 e. The summed E-state index contributed by atoms with van der Waals surface area (Å²) in [6, 6.07) is 19.0. The summed E-state index contributed by atoms with van der Waals surface area (Å²) in [5.74, 6) is 3.04. The number of carbonyl (C=O) groups excluding carboxylic acids is 1. The fourth-order valence-electron chi connectivity index (χ4n) is 4.24. The van der Waals surface area contributed by atoms with E-state index < -0.39 is 0 Å². The van der Waals surface area contributed by atoms with Gasteiger partial charge < -0.3 is 19.4 Å². The normalized spacial score (nSPS) is 16.3.